The predicted octanol–water partition coefficient (Wildman–Crippen LogP) is 2.85. The predicted molar refractivity (Wildman–Crippen MR) is 54.4 cm³/mol. The molecule has 0 saturated carbocycles. The maximum Gasteiger partial charge on any atom is 0.333 e. The molecular weight excluding hydrogens is 164 g/mol. The lowest BCUT2D eigenvalue weighted by Gasteiger charge is -2.01. The van der Waals surface area contributed by atoms with Gasteiger partial charge in [-0.05, 0) is 33.3 Å². The third kappa shape index (κ3) is 5.23. The van der Waals surface area contributed by atoms with Crippen LogP contribution in [-0.2, 0) is 9.53 Å². The topological polar surface area (TPSA) is 26.3 Å². The fraction of sp³-hybridized carbons (Fsp3) is 0.545. The molecule has 0 aromatic rings. The number of allylic oxidation sites excluding steroid dienone is 3. The van der Waals surface area contributed by atoms with Gasteiger partial charge in [-0.1, -0.05) is 18.6 Å². The van der Waals surface area contributed by atoms with Crippen molar-refractivity contribution in [3.63, 3.8) is 0 Å². The van der Waals surface area contributed by atoms with Crippen LogP contribution < -0.4 is 0 Å². The molecule has 13 heavy (non-hydrogen) atoms. The highest BCUT2D eigenvalue weighted by atomic mass is 16.5. The van der Waals surface area contributed by atoms with Crippen LogP contribution in [0.4, 0.5) is 0 Å². The molecule has 0 aromatic carbocycles. The molecule has 0 aliphatic carbocycles. The molecule has 0 N–H and O–H groups in total. The smallest absolute Gasteiger partial charge is 0.333 e. The number of hydrogen-bond donors (Lipinski definition) is 0. The van der Waals surface area contributed by atoms with Gasteiger partial charge in [-0.15, -0.1) is 0 Å². The first kappa shape index (κ1) is 11.9. The van der Waals surface area contributed by atoms with Crippen LogP contribution in [0.3, 0.4) is 0 Å². The Bertz CT molecular complexity index is 224. The molecule has 0 heterocycles. The summed E-state index contributed by atoms with van der Waals surface area (Å²) >= 11 is 0. The van der Waals surface area contributed by atoms with Gasteiger partial charge in [0.2, 0.25) is 0 Å². The van der Waals surface area contributed by atoms with Crippen LogP contribution in [0.25, 0.3) is 0 Å². The fourth-order valence-electron chi connectivity index (χ4n) is 1.03. The molecule has 0 saturated heterocycles. The molecule has 2 nitrogen and oxygen atoms in total. The Morgan fingerprint density at radius 2 is 1.92 bits per heavy atom. The highest BCUT2D eigenvalue weighted by Crippen LogP contribution is 2.04. The van der Waals surface area contributed by atoms with Crippen molar-refractivity contribution in [2.24, 2.45) is 0 Å². The van der Waals surface area contributed by atoms with E-state index in [0.29, 0.717) is 12.2 Å². The molecular formula is C11H18O2. The van der Waals surface area contributed by atoms with Gasteiger partial charge in [0.05, 0.1) is 6.61 Å². The maximum absolute atomic E-state index is 11.2. The van der Waals surface area contributed by atoms with Crippen LogP contribution in [0.2, 0.25) is 0 Å². The Hall–Kier alpha value is -1.05. The van der Waals surface area contributed by atoms with Crippen molar-refractivity contribution in [1.29, 1.82) is 0 Å². The van der Waals surface area contributed by atoms with Gasteiger partial charge in [0.1, 0.15) is 0 Å². The van der Waals surface area contributed by atoms with Crippen LogP contribution in [-0.4, -0.2) is 12.6 Å². The molecule has 0 aliphatic heterocycles. The van der Waals surface area contributed by atoms with E-state index in [2.05, 4.69) is 13.0 Å². The van der Waals surface area contributed by atoms with E-state index in [1.54, 1.807) is 13.8 Å². The van der Waals surface area contributed by atoms with E-state index in [-0.39, 0.29) is 5.97 Å². The summed E-state index contributed by atoms with van der Waals surface area (Å²) in [7, 11) is 0. The average molecular weight is 182 g/mol. The van der Waals surface area contributed by atoms with E-state index in [1.807, 2.05) is 13.0 Å². The molecule has 0 spiro atoms. The zero-order valence-corrected chi connectivity index (χ0v) is 8.89. The van der Waals surface area contributed by atoms with Crippen LogP contribution in [0.15, 0.2) is 23.3 Å². The third-order valence-electron chi connectivity index (χ3n) is 1.57. The van der Waals surface area contributed by atoms with Crippen molar-refractivity contribution in [2.45, 2.75) is 34.1 Å². The van der Waals surface area contributed by atoms with E-state index >= 15 is 0 Å². The SMILES string of the molecule is CC/C=C(C)/C=C(\C)C(=O)OCC. The van der Waals surface area contributed by atoms with Crippen LogP contribution in [0.1, 0.15) is 34.1 Å². The third-order valence-corrected chi connectivity index (χ3v) is 1.57. The Morgan fingerprint density at radius 1 is 1.31 bits per heavy atom. The van der Waals surface area contributed by atoms with Gasteiger partial charge >= 0.3 is 5.97 Å². The zero-order valence-electron chi connectivity index (χ0n) is 8.89. The summed E-state index contributed by atoms with van der Waals surface area (Å²) in [4.78, 5) is 11.2. The van der Waals surface area contributed by atoms with E-state index in [4.69, 9.17) is 4.74 Å². The number of hydrogen-bond acceptors (Lipinski definition) is 2. The summed E-state index contributed by atoms with van der Waals surface area (Å²) < 4.78 is 4.85. The van der Waals surface area contributed by atoms with Gasteiger partial charge in [-0.3, -0.25) is 0 Å². The first-order valence-corrected chi connectivity index (χ1v) is 4.64. The first-order valence-electron chi connectivity index (χ1n) is 4.64. The van der Waals surface area contributed by atoms with Gasteiger partial charge in [0, 0.05) is 5.57 Å². The van der Waals surface area contributed by atoms with Crippen LogP contribution in [0.5, 0.6) is 0 Å². The second-order valence-corrected chi connectivity index (χ2v) is 2.90. The van der Waals surface area contributed by atoms with Gasteiger partial charge in [-0.25, -0.2) is 4.79 Å². The number of rotatable bonds is 4. The Morgan fingerprint density at radius 3 is 2.38 bits per heavy atom. The summed E-state index contributed by atoms with van der Waals surface area (Å²) in [6.07, 6.45) is 4.91. The van der Waals surface area contributed by atoms with Crippen molar-refractivity contribution < 1.29 is 9.53 Å². The molecule has 0 unspecified atom stereocenters. The minimum absolute atomic E-state index is 0.230. The number of esters is 1. The number of ether oxygens (including phenoxy) is 1. The standard InChI is InChI=1S/C11H18O2/c1-5-7-9(3)8-10(4)11(12)13-6-2/h7-8H,5-6H2,1-4H3/b9-7+,10-8+. The van der Waals surface area contributed by atoms with Crippen molar-refractivity contribution in [3.8, 4) is 0 Å². The van der Waals surface area contributed by atoms with Crippen LogP contribution >= 0.6 is 0 Å². The van der Waals surface area contributed by atoms with Crippen molar-refractivity contribution in [3.05, 3.63) is 23.3 Å². The number of carbonyl (C=O) groups is 1. The van der Waals surface area contributed by atoms with E-state index in [9.17, 15) is 4.79 Å². The lowest BCUT2D eigenvalue weighted by molar-refractivity contribution is -0.138. The van der Waals surface area contributed by atoms with E-state index in [0.717, 1.165) is 12.0 Å². The van der Waals surface area contributed by atoms with E-state index in [1.165, 1.54) is 0 Å². The van der Waals surface area contributed by atoms with Crippen molar-refractivity contribution >= 4 is 5.97 Å². The Balaban J connectivity index is 4.31. The number of carbonyl (C=O) groups excluding carboxylic acids is 1. The first-order chi connectivity index (χ1) is 6.11. The minimum atomic E-state index is -0.230. The highest BCUT2D eigenvalue weighted by Gasteiger charge is 2.03. The van der Waals surface area contributed by atoms with Gasteiger partial charge in [0.25, 0.3) is 0 Å². The molecule has 0 rings (SSSR count). The molecule has 0 atom stereocenters. The van der Waals surface area contributed by atoms with E-state index < -0.39 is 0 Å². The summed E-state index contributed by atoms with van der Waals surface area (Å²) in [5.41, 5.74) is 1.76. The summed E-state index contributed by atoms with van der Waals surface area (Å²) in [6, 6.07) is 0. The molecule has 0 bridgehead atoms. The fourth-order valence-corrected chi connectivity index (χ4v) is 1.03. The van der Waals surface area contributed by atoms with Gasteiger partial charge in [-0.2, -0.15) is 0 Å². The molecule has 0 radical (unpaired) electrons. The largest absolute Gasteiger partial charge is 0.463 e. The molecule has 0 aromatic heterocycles. The summed E-state index contributed by atoms with van der Waals surface area (Å²) in [6.45, 7) is 8.05. The Labute approximate surface area is 80.3 Å². The maximum atomic E-state index is 11.2. The molecule has 0 amide bonds. The highest BCUT2D eigenvalue weighted by molar-refractivity contribution is 5.88. The summed E-state index contributed by atoms with van der Waals surface area (Å²) in [5.74, 6) is -0.230. The molecule has 2 heteroatoms. The average Bonchev–Trinajstić information content (AvgIpc) is 2.05. The van der Waals surface area contributed by atoms with Crippen molar-refractivity contribution in [2.75, 3.05) is 6.61 Å². The van der Waals surface area contributed by atoms with Gasteiger partial charge in [0.15, 0.2) is 0 Å². The van der Waals surface area contributed by atoms with Gasteiger partial charge < -0.3 is 4.74 Å². The molecule has 74 valence electrons. The summed E-state index contributed by atoms with van der Waals surface area (Å²) in [5, 5.41) is 0. The second-order valence-electron chi connectivity index (χ2n) is 2.90. The van der Waals surface area contributed by atoms with Crippen molar-refractivity contribution in [1.82, 2.24) is 0 Å². The monoisotopic (exact) mass is 182 g/mol. The minimum Gasteiger partial charge on any atom is -0.463 e. The van der Waals surface area contributed by atoms with Crippen LogP contribution in [0, 0.1) is 0 Å². The molecule has 0 aliphatic rings. The normalized spacial score (nSPS) is 12.9. The lowest BCUT2D eigenvalue weighted by atomic mass is 10.1. The Kier molecular flexibility index (Phi) is 5.94. The quantitative estimate of drug-likeness (QED) is 0.379. The lowest BCUT2D eigenvalue weighted by Crippen LogP contribution is -2.05. The molecule has 0 fully saturated rings. The second kappa shape index (κ2) is 6.46. The zero-order chi connectivity index (χ0) is 10.3.